The number of hydrogen-bond acceptors (Lipinski definition) is 2. The highest BCUT2D eigenvalue weighted by atomic mass is 35.5. The molecule has 2 rings (SSSR count). The first kappa shape index (κ1) is 10.3. The maximum atomic E-state index is 5.88. The lowest BCUT2D eigenvalue weighted by atomic mass is 10.2. The second-order valence-corrected chi connectivity index (χ2v) is 5.12. The van der Waals surface area contributed by atoms with E-state index in [1.165, 1.54) is 10.5 Å². The Kier molecular flexibility index (Phi) is 3.37. The summed E-state index contributed by atoms with van der Waals surface area (Å²) in [6, 6.07) is 8.53. The lowest BCUT2D eigenvalue weighted by molar-refractivity contribution is 0.408. The van der Waals surface area contributed by atoms with Gasteiger partial charge in [-0.15, -0.1) is 23.4 Å². The molecule has 0 radical (unpaired) electrons. The predicted molar refractivity (Wildman–Crippen MR) is 61.3 cm³/mol. The van der Waals surface area contributed by atoms with Crippen LogP contribution in [0, 0.1) is 6.92 Å². The van der Waals surface area contributed by atoms with Crippen molar-refractivity contribution < 1.29 is 4.74 Å². The molecule has 2 unspecified atom stereocenters. The number of epoxide rings is 1. The molecule has 0 saturated carbocycles. The fourth-order valence-electron chi connectivity index (χ4n) is 1.27. The van der Waals surface area contributed by atoms with Gasteiger partial charge in [-0.2, -0.15) is 0 Å². The van der Waals surface area contributed by atoms with Crippen molar-refractivity contribution in [3.8, 4) is 0 Å². The summed E-state index contributed by atoms with van der Waals surface area (Å²) in [6.07, 6.45) is 0.374. The average molecular weight is 229 g/mol. The number of rotatable bonds is 4. The van der Waals surface area contributed by atoms with Gasteiger partial charge in [0.1, 0.15) is 0 Å². The Morgan fingerprint density at radius 1 is 1.50 bits per heavy atom. The fraction of sp³-hybridized carbons (Fsp3) is 0.455. The zero-order valence-corrected chi connectivity index (χ0v) is 9.65. The summed E-state index contributed by atoms with van der Waals surface area (Å²) in [4.78, 5) is 1.27. The van der Waals surface area contributed by atoms with Crippen LogP contribution in [0.4, 0.5) is 0 Å². The first-order valence-corrected chi connectivity index (χ1v) is 6.12. The van der Waals surface area contributed by atoms with E-state index in [1.54, 1.807) is 0 Å². The first-order chi connectivity index (χ1) is 6.79. The molecule has 0 amide bonds. The molecule has 0 bridgehead atoms. The number of alkyl halides is 1. The second kappa shape index (κ2) is 4.56. The van der Waals surface area contributed by atoms with Crippen LogP contribution in [0.1, 0.15) is 5.56 Å². The average Bonchev–Trinajstić information content (AvgIpc) is 3.01. The van der Waals surface area contributed by atoms with Crippen LogP contribution in [0.2, 0.25) is 0 Å². The summed E-state index contributed by atoms with van der Waals surface area (Å²) in [5, 5.41) is 0.402. The Morgan fingerprint density at radius 2 is 2.14 bits per heavy atom. The van der Waals surface area contributed by atoms with Crippen molar-refractivity contribution in [1.29, 1.82) is 0 Å². The third-order valence-electron chi connectivity index (χ3n) is 2.23. The standard InChI is InChI=1S/C11H13ClOS/c1-8-2-4-9(5-3-8)14-11(6-12)10-7-13-10/h2-5,10-11H,6-7H2,1H3. The third-order valence-corrected chi connectivity index (χ3v) is 4.07. The molecule has 1 nitrogen and oxygen atoms in total. The van der Waals surface area contributed by atoms with E-state index in [2.05, 4.69) is 31.2 Å². The molecule has 0 aromatic heterocycles. The molecule has 1 aliphatic rings. The quantitative estimate of drug-likeness (QED) is 0.446. The summed E-state index contributed by atoms with van der Waals surface area (Å²) >= 11 is 7.69. The van der Waals surface area contributed by atoms with E-state index in [4.69, 9.17) is 16.3 Å². The van der Waals surface area contributed by atoms with Gasteiger partial charge in [-0.1, -0.05) is 17.7 Å². The topological polar surface area (TPSA) is 12.5 Å². The lowest BCUT2D eigenvalue weighted by Gasteiger charge is -2.10. The summed E-state index contributed by atoms with van der Waals surface area (Å²) in [5.41, 5.74) is 1.29. The van der Waals surface area contributed by atoms with Crippen LogP contribution in [0.15, 0.2) is 29.2 Å². The van der Waals surface area contributed by atoms with Gasteiger partial charge in [0, 0.05) is 10.8 Å². The molecule has 14 heavy (non-hydrogen) atoms. The van der Waals surface area contributed by atoms with E-state index in [9.17, 15) is 0 Å². The molecular formula is C11H13ClOS. The number of benzene rings is 1. The van der Waals surface area contributed by atoms with Crippen molar-refractivity contribution in [2.24, 2.45) is 0 Å². The Labute approximate surface area is 93.8 Å². The van der Waals surface area contributed by atoms with Gasteiger partial charge in [-0.05, 0) is 19.1 Å². The number of ether oxygens (including phenoxy) is 1. The highest BCUT2D eigenvalue weighted by Gasteiger charge is 2.32. The van der Waals surface area contributed by atoms with E-state index in [-0.39, 0.29) is 0 Å². The molecule has 1 fully saturated rings. The molecule has 1 saturated heterocycles. The van der Waals surface area contributed by atoms with Crippen molar-refractivity contribution in [2.45, 2.75) is 23.2 Å². The molecule has 0 N–H and O–H groups in total. The largest absolute Gasteiger partial charge is 0.372 e. The van der Waals surface area contributed by atoms with Crippen LogP contribution < -0.4 is 0 Å². The minimum absolute atomic E-state index is 0.374. The summed E-state index contributed by atoms with van der Waals surface area (Å²) in [6.45, 7) is 2.97. The molecule has 1 aromatic rings. The molecule has 2 atom stereocenters. The normalized spacial score (nSPS) is 22.0. The summed E-state index contributed by atoms with van der Waals surface area (Å²) < 4.78 is 5.25. The Hall–Kier alpha value is -0.180. The number of aryl methyl sites for hydroxylation is 1. The van der Waals surface area contributed by atoms with E-state index >= 15 is 0 Å². The van der Waals surface area contributed by atoms with E-state index in [0.717, 1.165) is 6.61 Å². The van der Waals surface area contributed by atoms with Crippen LogP contribution in [0.3, 0.4) is 0 Å². The van der Waals surface area contributed by atoms with Crippen LogP contribution >= 0.6 is 23.4 Å². The number of halogens is 1. The van der Waals surface area contributed by atoms with Crippen molar-refractivity contribution in [2.75, 3.05) is 12.5 Å². The first-order valence-electron chi connectivity index (χ1n) is 4.70. The maximum absolute atomic E-state index is 5.88. The molecule has 1 aliphatic heterocycles. The van der Waals surface area contributed by atoms with Crippen LogP contribution in [-0.4, -0.2) is 23.8 Å². The van der Waals surface area contributed by atoms with Gasteiger partial charge in [-0.3, -0.25) is 0 Å². The second-order valence-electron chi connectivity index (χ2n) is 3.50. The molecule has 76 valence electrons. The smallest absolute Gasteiger partial charge is 0.0943 e. The van der Waals surface area contributed by atoms with Crippen LogP contribution in [0.25, 0.3) is 0 Å². The van der Waals surface area contributed by atoms with E-state index in [1.807, 2.05) is 11.8 Å². The van der Waals surface area contributed by atoms with Gasteiger partial charge in [0.2, 0.25) is 0 Å². The van der Waals surface area contributed by atoms with Gasteiger partial charge < -0.3 is 4.74 Å². The van der Waals surface area contributed by atoms with Crippen molar-refractivity contribution in [3.63, 3.8) is 0 Å². The van der Waals surface area contributed by atoms with Crippen LogP contribution in [0.5, 0.6) is 0 Å². The molecular weight excluding hydrogens is 216 g/mol. The minimum Gasteiger partial charge on any atom is -0.372 e. The SMILES string of the molecule is Cc1ccc(SC(CCl)C2CO2)cc1. The third kappa shape index (κ3) is 2.66. The maximum Gasteiger partial charge on any atom is 0.0943 e. The zero-order chi connectivity index (χ0) is 9.97. The number of hydrogen-bond donors (Lipinski definition) is 0. The molecule has 3 heteroatoms. The van der Waals surface area contributed by atoms with Gasteiger partial charge in [0.05, 0.1) is 18.0 Å². The van der Waals surface area contributed by atoms with Gasteiger partial charge in [-0.25, -0.2) is 0 Å². The monoisotopic (exact) mass is 228 g/mol. The minimum atomic E-state index is 0.374. The molecule has 0 spiro atoms. The lowest BCUT2D eigenvalue weighted by Crippen LogP contribution is -2.12. The Balaban J connectivity index is 1.98. The molecule has 0 aliphatic carbocycles. The van der Waals surface area contributed by atoms with Crippen molar-refractivity contribution in [3.05, 3.63) is 29.8 Å². The van der Waals surface area contributed by atoms with Gasteiger partial charge in [0.25, 0.3) is 0 Å². The van der Waals surface area contributed by atoms with Crippen LogP contribution in [-0.2, 0) is 4.74 Å². The summed E-state index contributed by atoms with van der Waals surface area (Å²) in [5.74, 6) is 0.656. The van der Waals surface area contributed by atoms with E-state index < -0.39 is 0 Å². The van der Waals surface area contributed by atoms with Gasteiger partial charge in [0.15, 0.2) is 0 Å². The Morgan fingerprint density at radius 3 is 2.64 bits per heavy atom. The molecule has 1 aromatic carbocycles. The Bertz CT molecular complexity index is 295. The number of thioether (sulfide) groups is 1. The van der Waals surface area contributed by atoms with Gasteiger partial charge >= 0.3 is 0 Å². The van der Waals surface area contributed by atoms with Crippen molar-refractivity contribution >= 4 is 23.4 Å². The zero-order valence-electron chi connectivity index (χ0n) is 8.07. The fourth-order valence-corrected chi connectivity index (χ4v) is 2.67. The van der Waals surface area contributed by atoms with Crippen molar-refractivity contribution in [1.82, 2.24) is 0 Å². The highest BCUT2D eigenvalue weighted by Crippen LogP contribution is 2.32. The highest BCUT2D eigenvalue weighted by molar-refractivity contribution is 8.00. The van der Waals surface area contributed by atoms with E-state index in [0.29, 0.717) is 17.2 Å². The summed E-state index contributed by atoms with van der Waals surface area (Å²) in [7, 11) is 0. The molecule has 1 heterocycles. The predicted octanol–water partition coefficient (Wildman–Crippen LogP) is 3.09.